The third-order valence-corrected chi connectivity index (χ3v) is 6.67. The minimum absolute atomic E-state index is 0.00825. The lowest BCUT2D eigenvalue weighted by atomic mass is 10.0. The molecule has 0 saturated heterocycles. The predicted molar refractivity (Wildman–Crippen MR) is 148 cm³/mol. The van der Waals surface area contributed by atoms with Crippen molar-refractivity contribution < 1.29 is 18.9 Å². The van der Waals surface area contributed by atoms with Crippen LogP contribution in [0.2, 0.25) is 0 Å². The van der Waals surface area contributed by atoms with Crippen molar-refractivity contribution in [1.82, 2.24) is 10.2 Å². The lowest BCUT2D eigenvalue weighted by Gasteiger charge is -2.34. The number of carbonyl (C=O) groups excluding carboxylic acids is 2. The number of amides is 2. The molecular formula is C29H32FN3O4S. The average molecular weight is 538 g/mol. The second-order valence-corrected chi connectivity index (χ2v) is 11.0. The van der Waals surface area contributed by atoms with E-state index in [2.05, 4.69) is 5.32 Å². The molecule has 0 aliphatic rings. The average Bonchev–Trinajstić information content (AvgIpc) is 2.87. The summed E-state index contributed by atoms with van der Waals surface area (Å²) in [5.74, 6) is -0.294. The van der Waals surface area contributed by atoms with Crippen LogP contribution in [0.15, 0.2) is 78.9 Å². The largest absolute Gasteiger partial charge is 0.350 e. The van der Waals surface area contributed by atoms with Gasteiger partial charge in [-0.25, -0.2) is 4.39 Å². The Morgan fingerprint density at radius 1 is 0.947 bits per heavy atom. The molecule has 0 radical (unpaired) electrons. The van der Waals surface area contributed by atoms with Gasteiger partial charge >= 0.3 is 0 Å². The van der Waals surface area contributed by atoms with Crippen LogP contribution in [0.25, 0.3) is 0 Å². The van der Waals surface area contributed by atoms with E-state index in [-0.39, 0.29) is 35.6 Å². The van der Waals surface area contributed by atoms with Crippen LogP contribution in [0.3, 0.4) is 0 Å². The topological polar surface area (TPSA) is 92.6 Å². The number of rotatable bonds is 11. The summed E-state index contributed by atoms with van der Waals surface area (Å²) in [6.07, 6.45) is 0.322. The van der Waals surface area contributed by atoms with Crippen LogP contribution in [0.1, 0.15) is 37.5 Å². The van der Waals surface area contributed by atoms with Crippen LogP contribution in [0, 0.1) is 15.9 Å². The number of carbonyl (C=O) groups is 2. The molecule has 7 nitrogen and oxygen atoms in total. The monoisotopic (exact) mass is 537 g/mol. The van der Waals surface area contributed by atoms with E-state index >= 15 is 0 Å². The number of nitro groups is 1. The maximum absolute atomic E-state index is 13.6. The molecule has 0 aliphatic carbocycles. The van der Waals surface area contributed by atoms with E-state index in [0.717, 1.165) is 11.1 Å². The molecule has 0 aliphatic heterocycles. The molecule has 0 heterocycles. The molecular weight excluding hydrogens is 505 g/mol. The zero-order valence-electron chi connectivity index (χ0n) is 21.7. The third-order valence-electron chi connectivity index (χ3n) is 5.68. The molecule has 200 valence electrons. The number of benzene rings is 3. The van der Waals surface area contributed by atoms with Crippen LogP contribution < -0.4 is 5.32 Å². The van der Waals surface area contributed by atoms with Gasteiger partial charge in [0.2, 0.25) is 11.8 Å². The Kier molecular flexibility index (Phi) is 10.0. The van der Waals surface area contributed by atoms with Crippen LogP contribution in [0.5, 0.6) is 0 Å². The predicted octanol–water partition coefficient (Wildman–Crippen LogP) is 5.52. The summed E-state index contributed by atoms with van der Waals surface area (Å²) in [6.45, 7) is 5.80. The van der Waals surface area contributed by atoms with E-state index in [0.29, 0.717) is 17.7 Å². The normalized spacial score (nSPS) is 12.0. The van der Waals surface area contributed by atoms with E-state index < -0.39 is 16.5 Å². The molecule has 3 aromatic rings. The van der Waals surface area contributed by atoms with Crippen LogP contribution in [-0.4, -0.2) is 39.0 Å². The molecule has 38 heavy (non-hydrogen) atoms. The highest BCUT2D eigenvalue weighted by Gasteiger charge is 2.32. The molecule has 1 atom stereocenters. The third kappa shape index (κ3) is 8.99. The highest BCUT2D eigenvalue weighted by molar-refractivity contribution is 7.99. The van der Waals surface area contributed by atoms with Crippen LogP contribution in [0.4, 0.5) is 10.1 Å². The molecule has 0 bridgehead atoms. The van der Waals surface area contributed by atoms with Gasteiger partial charge in [-0.1, -0.05) is 54.6 Å². The van der Waals surface area contributed by atoms with E-state index in [4.69, 9.17) is 0 Å². The SMILES string of the molecule is CC(C)(C)NC(=O)C(Cc1ccccc1)N(Cc1ccc(F)cc1)C(=O)CSCc1ccc([N+](=O)[O-])cc1. The van der Waals surface area contributed by atoms with Gasteiger partial charge in [0.05, 0.1) is 10.7 Å². The number of thioether (sulfide) groups is 1. The lowest BCUT2D eigenvalue weighted by molar-refractivity contribution is -0.384. The second-order valence-electron chi connectivity index (χ2n) is 10.0. The molecule has 9 heteroatoms. The standard InChI is InChI=1S/C29H32FN3O4S/c1-29(2,3)31-28(35)26(17-21-7-5-4-6-8-21)32(18-22-9-13-24(30)14-10-22)27(34)20-38-19-23-11-15-25(16-12-23)33(36)37/h4-16,26H,17-20H2,1-3H3,(H,31,35). The van der Waals surface area contributed by atoms with Gasteiger partial charge in [-0.2, -0.15) is 0 Å². The first-order chi connectivity index (χ1) is 18.0. The van der Waals surface area contributed by atoms with Gasteiger partial charge in [-0.3, -0.25) is 19.7 Å². The van der Waals surface area contributed by atoms with Crippen molar-refractivity contribution in [2.24, 2.45) is 0 Å². The Morgan fingerprint density at radius 3 is 2.13 bits per heavy atom. The van der Waals surface area contributed by atoms with Gasteiger partial charge < -0.3 is 10.2 Å². The first-order valence-electron chi connectivity index (χ1n) is 12.2. The first kappa shape index (κ1) is 28.8. The highest BCUT2D eigenvalue weighted by atomic mass is 32.2. The van der Waals surface area contributed by atoms with Crippen LogP contribution >= 0.6 is 11.8 Å². The smallest absolute Gasteiger partial charge is 0.269 e. The molecule has 0 fully saturated rings. The molecule has 3 rings (SSSR count). The molecule has 1 N–H and O–H groups in total. The summed E-state index contributed by atoms with van der Waals surface area (Å²) >= 11 is 1.37. The molecule has 3 aromatic carbocycles. The maximum Gasteiger partial charge on any atom is 0.269 e. The summed E-state index contributed by atoms with van der Waals surface area (Å²) in [6, 6.07) is 20.8. The van der Waals surface area contributed by atoms with Crippen molar-refractivity contribution >= 4 is 29.3 Å². The molecule has 2 amide bonds. The summed E-state index contributed by atoms with van der Waals surface area (Å²) in [5, 5.41) is 13.9. The number of hydrogen-bond donors (Lipinski definition) is 1. The Balaban J connectivity index is 1.83. The fourth-order valence-corrected chi connectivity index (χ4v) is 4.72. The van der Waals surface area contributed by atoms with E-state index in [9.17, 15) is 24.1 Å². The van der Waals surface area contributed by atoms with Crippen molar-refractivity contribution in [3.63, 3.8) is 0 Å². The van der Waals surface area contributed by atoms with Crippen molar-refractivity contribution in [2.75, 3.05) is 5.75 Å². The van der Waals surface area contributed by atoms with Crippen molar-refractivity contribution in [1.29, 1.82) is 0 Å². The Labute approximate surface area is 226 Å². The Morgan fingerprint density at radius 2 is 1.55 bits per heavy atom. The van der Waals surface area contributed by atoms with Crippen molar-refractivity contribution in [3.05, 3.63) is 111 Å². The zero-order chi connectivity index (χ0) is 27.7. The summed E-state index contributed by atoms with van der Waals surface area (Å²) in [5.41, 5.74) is 1.99. The fraction of sp³-hybridized carbons (Fsp3) is 0.310. The highest BCUT2D eigenvalue weighted by Crippen LogP contribution is 2.20. The summed E-state index contributed by atoms with van der Waals surface area (Å²) in [4.78, 5) is 39.1. The second kappa shape index (κ2) is 13.2. The summed E-state index contributed by atoms with van der Waals surface area (Å²) < 4.78 is 13.6. The van der Waals surface area contributed by atoms with E-state index in [1.54, 1.807) is 29.2 Å². The van der Waals surface area contributed by atoms with Crippen molar-refractivity contribution in [2.45, 2.75) is 51.1 Å². The minimum Gasteiger partial charge on any atom is -0.350 e. The molecule has 0 saturated carbocycles. The zero-order valence-corrected chi connectivity index (χ0v) is 22.5. The Bertz CT molecular complexity index is 1230. The van der Waals surface area contributed by atoms with Gasteiger partial charge in [-0.15, -0.1) is 11.8 Å². The first-order valence-corrected chi connectivity index (χ1v) is 13.4. The minimum atomic E-state index is -0.783. The maximum atomic E-state index is 13.6. The molecule has 0 aromatic heterocycles. The number of hydrogen-bond acceptors (Lipinski definition) is 5. The number of nitrogens with one attached hydrogen (secondary N) is 1. The van der Waals surface area contributed by atoms with Gasteiger partial charge in [0.15, 0.2) is 0 Å². The number of non-ortho nitro benzene ring substituents is 1. The van der Waals surface area contributed by atoms with E-state index in [1.807, 2.05) is 51.1 Å². The van der Waals surface area contributed by atoms with Gasteiger partial charge in [0, 0.05) is 36.4 Å². The lowest BCUT2D eigenvalue weighted by Crippen LogP contribution is -2.54. The Hall–Kier alpha value is -3.72. The number of halogens is 1. The van der Waals surface area contributed by atoms with Crippen LogP contribution in [-0.2, 0) is 28.3 Å². The molecule has 0 spiro atoms. The summed E-state index contributed by atoms with van der Waals surface area (Å²) in [7, 11) is 0. The van der Waals surface area contributed by atoms with E-state index in [1.165, 1.54) is 36.0 Å². The number of nitro benzene ring substituents is 1. The quantitative estimate of drug-likeness (QED) is 0.257. The van der Waals surface area contributed by atoms with Gasteiger partial charge in [-0.05, 0) is 49.6 Å². The van der Waals surface area contributed by atoms with Gasteiger partial charge in [0.25, 0.3) is 5.69 Å². The fourth-order valence-electron chi connectivity index (χ4n) is 3.85. The van der Waals surface area contributed by atoms with Gasteiger partial charge in [0.1, 0.15) is 11.9 Å². The number of nitrogens with zero attached hydrogens (tertiary/aromatic N) is 2. The molecule has 1 unspecified atom stereocenters. The van der Waals surface area contributed by atoms with Crippen molar-refractivity contribution in [3.8, 4) is 0 Å².